The van der Waals surface area contributed by atoms with Crippen molar-refractivity contribution in [3.05, 3.63) is 90.5 Å². The molecule has 1 N–H and O–H groups in total. The summed E-state index contributed by atoms with van der Waals surface area (Å²) in [6.45, 7) is 7.09. The molecule has 32 heavy (non-hydrogen) atoms. The first-order valence-corrected chi connectivity index (χ1v) is 11.3. The number of amides is 1. The highest BCUT2D eigenvalue weighted by molar-refractivity contribution is 5.98. The number of nitrogens with one attached hydrogen (secondary N) is 1. The van der Waals surface area contributed by atoms with Crippen LogP contribution in [0, 0.1) is 0 Å². The molecule has 1 heterocycles. The summed E-state index contributed by atoms with van der Waals surface area (Å²) in [5, 5.41) is 3.34. The predicted octanol–water partition coefficient (Wildman–Crippen LogP) is 4.47. The number of carbonyl (C=O) groups excluding carboxylic acids is 1. The summed E-state index contributed by atoms with van der Waals surface area (Å²) in [7, 11) is 1.82. The Kier molecular flexibility index (Phi) is 7.07. The lowest BCUT2D eigenvalue weighted by Gasteiger charge is -2.36. The lowest BCUT2D eigenvalue weighted by molar-refractivity contribution is -0.118. The molecular formula is C27H32N4O. The molecule has 5 nitrogen and oxygen atoms in total. The first kappa shape index (κ1) is 21.9. The van der Waals surface area contributed by atoms with Gasteiger partial charge in [0.15, 0.2) is 0 Å². The van der Waals surface area contributed by atoms with Crippen LogP contribution in [0.4, 0.5) is 17.1 Å². The highest BCUT2D eigenvalue weighted by atomic mass is 16.2. The quantitative estimate of drug-likeness (QED) is 0.603. The van der Waals surface area contributed by atoms with E-state index in [2.05, 4.69) is 69.7 Å². The van der Waals surface area contributed by atoms with Gasteiger partial charge in [0.25, 0.3) is 0 Å². The Hall–Kier alpha value is -3.31. The van der Waals surface area contributed by atoms with Crippen LogP contribution >= 0.6 is 0 Å². The van der Waals surface area contributed by atoms with Crippen molar-refractivity contribution in [1.29, 1.82) is 0 Å². The number of hydrogen-bond acceptors (Lipinski definition) is 4. The summed E-state index contributed by atoms with van der Waals surface area (Å²) < 4.78 is 0. The van der Waals surface area contributed by atoms with Crippen molar-refractivity contribution in [2.45, 2.75) is 19.5 Å². The molecule has 0 spiro atoms. The highest BCUT2D eigenvalue weighted by Gasteiger charge is 2.20. The van der Waals surface area contributed by atoms with Crippen molar-refractivity contribution in [2.24, 2.45) is 0 Å². The van der Waals surface area contributed by atoms with Crippen LogP contribution in [0.2, 0.25) is 0 Å². The molecule has 1 fully saturated rings. The second kappa shape index (κ2) is 10.3. The summed E-state index contributed by atoms with van der Waals surface area (Å²) in [5.41, 5.74) is 4.46. The van der Waals surface area contributed by atoms with E-state index in [9.17, 15) is 4.79 Å². The number of carbonyl (C=O) groups is 1. The Balaban J connectivity index is 1.28. The Morgan fingerprint density at radius 2 is 1.47 bits per heavy atom. The molecule has 0 saturated carbocycles. The summed E-state index contributed by atoms with van der Waals surface area (Å²) >= 11 is 0. The Morgan fingerprint density at radius 1 is 0.875 bits per heavy atom. The van der Waals surface area contributed by atoms with Gasteiger partial charge in [0.1, 0.15) is 6.04 Å². The van der Waals surface area contributed by atoms with Gasteiger partial charge in [-0.1, -0.05) is 48.5 Å². The molecule has 3 aromatic rings. The van der Waals surface area contributed by atoms with Gasteiger partial charge in [-0.3, -0.25) is 9.69 Å². The van der Waals surface area contributed by atoms with E-state index in [1.165, 1.54) is 11.3 Å². The van der Waals surface area contributed by atoms with Crippen molar-refractivity contribution < 1.29 is 4.79 Å². The average molecular weight is 429 g/mol. The van der Waals surface area contributed by atoms with Crippen LogP contribution in [-0.4, -0.2) is 50.1 Å². The third-order valence-electron chi connectivity index (χ3n) is 6.08. The van der Waals surface area contributed by atoms with E-state index >= 15 is 0 Å². The standard InChI is InChI=1S/C27H32N4O/c1-22(27(32)29(2)25-11-7-4-8-12-25)28-24-13-15-26(16-14-24)31-19-17-30(18-20-31)21-23-9-5-3-6-10-23/h3-16,22,28H,17-21H2,1-2H3/t22-/m1/s1. The molecule has 1 aliphatic heterocycles. The second-order valence-electron chi connectivity index (χ2n) is 8.39. The van der Waals surface area contributed by atoms with Crippen molar-refractivity contribution in [3.63, 3.8) is 0 Å². The highest BCUT2D eigenvalue weighted by Crippen LogP contribution is 2.21. The molecule has 1 saturated heterocycles. The van der Waals surface area contributed by atoms with Gasteiger partial charge < -0.3 is 15.1 Å². The van der Waals surface area contributed by atoms with Crippen LogP contribution in [-0.2, 0) is 11.3 Å². The number of anilines is 3. The first-order valence-electron chi connectivity index (χ1n) is 11.3. The normalized spacial score (nSPS) is 15.2. The SMILES string of the molecule is C[C@@H](Nc1ccc(N2CCN(Cc3ccccc3)CC2)cc1)C(=O)N(C)c1ccccc1. The number of rotatable bonds is 7. The van der Waals surface area contributed by atoms with Gasteiger partial charge in [0.2, 0.25) is 5.91 Å². The topological polar surface area (TPSA) is 38.8 Å². The number of para-hydroxylation sites is 1. The van der Waals surface area contributed by atoms with Gasteiger partial charge in [-0.15, -0.1) is 0 Å². The van der Waals surface area contributed by atoms with Crippen molar-refractivity contribution in [2.75, 3.05) is 48.3 Å². The average Bonchev–Trinajstić information content (AvgIpc) is 2.85. The van der Waals surface area contributed by atoms with Crippen LogP contribution in [0.3, 0.4) is 0 Å². The van der Waals surface area contributed by atoms with Gasteiger partial charge in [-0.05, 0) is 48.9 Å². The summed E-state index contributed by atoms with van der Waals surface area (Å²) in [6.07, 6.45) is 0. The lowest BCUT2D eigenvalue weighted by atomic mass is 10.2. The number of likely N-dealkylation sites (N-methyl/N-ethyl adjacent to an activating group) is 1. The molecule has 166 valence electrons. The van der Waals surface area contributed by atoms with Gasteiger partial charge in [0.05, 0.1) is 0 Å². The van der Waals surface area contributed by atoms with Crippen LogP contribution in [0.1, 0.15) is 12.5 Å². The van der Waals surface area contributed by atoms with Crippen LogP contribution < -0.4 is 15.1 Å². The van der Waals surface area contributed by atoms with Crippen molar-refractivity contribution in [1.82, 2.24) is 4.90 Å². The smallest absolute Gasteiger partial charge is 0.248 e. The number of piperazine rings is 1. The maximum absolute atomic E-state index is 12.8. The third kappa shape index (κ3) is 5.48. The molecule has 0 aromatic heterocycles. The van der Waals surface area contributed by atoms with Crippen LogP contribution in [0.15, 0.2) is 84.9 Å². The molecular weight excluding hydrogens is 396 g/mol. The Morgan fingerprint density at radius 3 is 2.09 bits per heavy atom. The zero-order valence-corrected chi connectivity index (χ0v) is 18.9. The minimum absolute atomic E-state index is 0.0369. The van der Waals surface area contributed by atoms with Gasteiger partial charge in [-0.25, -0.2) is 0 Å². The van der Waals surface area contributed by atoms with E-state index in [4.69, 9.17) is 0 Å². The van der Waals surface area contributed by atoms with E-state index < -0.39 is 0 Å². The monoisotopic (exact) mass is 428 g/mol. The molecule has 0 unspecified atom stereocenters. The molecule has 1 amide bonds. The zero-order valence-electron chi connectivity index (χ0n) is 18.9. The Bertz CT molecular complexity index is 983. The molecule has 5 heteroatoms. The summed E-state index contributed by atoms with van der Waals surface area (Å²) in [6, 6.07) is 28.5. The summed E-state index contributed by atoms with van der Waals surface area (Å²) in [4.78, 5) is 19.4. The largest absolute Gasteiger partial charge is 0.374 e. The van der Waals surface area contributed by atoms with Crippen molar-refractivity contribution in [3.8, 4) is 0 Å². The van der Waals surface area contributed by atoms with Crippen LogP contribution in [0.25, 0.3) is 0 Å². The lowest BCUT2D eigenvalue weighted by Crippen LogP contribution is -2.45. The molecule has 1 aliphatic rings. The molecule has 4 rings (SSSR count). The fraction of sp³-hybridized carbons (Fsp3) is 0.296. The Labute approximate surface area is 191 Å². The minimum Gasteiger partial charge on any atom is -0.374 e. The van der Waals surface area contributed by atoms with Gasteiger partial charge >= 0.3 is 0 Å². The second-order valence-corrected chi connectivity index (χ2v) is 8.39. The van der Waals surface area contributed by atoms with E-state index in [1.54, 1.807) is 4.90 Å². The molecule has 0 radical (unpaired) electrons. The van der Waals surface area contributed by atoms with Gasteiger partial charge in [-0.2, -0.15) is 0 Å². The minimum atomic E-state index is -0.312. The fourth-order valence-corrected chi connectivity index (χ4v) is 4.16. The van der Waals surface area contributed by atoms with Crippen LogP contribution in [0.5, 0.6) is 0 Å². The summed E-state index contributed by atoms with van der Waals surface area (Å²) in [5.74, 6) is 0.0369. The number of benzene rings is 3. The zero-order chi connectivity index (χ0) is 22.3. The number of nitrogens with zero attached hydrogens (tertiary/aromatic N) is 3. The van der Waals surface area contributed by atoms with E-state index in [1.807, 2.05) is 44.3 Å². The van der Waals surface area contributed by atoms with E-state index in [0.29, 0.717) is 0 Å². The number of hydrogen-bond donors (Lipinski definition) is 1. The molecule has 3 aromatic carbocycles. The maximum Gasteiger partial charge on any atom is 0.248 e. The van der Waals surface area contributed by atoms with E-state index in [0.717, 1.165) is 44.1 Å². The fourth-order valence-electron chi connectivity index (χ4n) is 4.16. The first-order chi connectivity index (χ1) is 15.6. The van der Waals surface area contributed by atoms with Gasteiger partial charge in [0, 0.05) is 56.8 Å². The van der Waals surface area contributed by atoms with Crippen molar-refractivity contribution >= 4 is 23.0 Å². The molecule has 0 aliphatic carbocycles. The molecule has 0 bridgehead atoms. The molecule has 1 atom stereocenters. The third-order valence-corrected chi connectivity index (χ3v) is 6.08. The van der Waals surface area contributed by atoms with E-state index in [-0.39, 0.29) is 11.9 Å². The predicted molar refractivity (Wildman–Crippen MR) is 133 cm³/mol. The maximum atomic E-state index is 12.8.